The molecule has 74 valence electrons. The van der Waals surface area contributed by atoms with E-state index in [-0.39, 0.29) is 0 Å². The van der Waals surface area contributed by atoms with Gasteiger partial charge in [-0.25, -0.2) is 0 Å². The van der Waals surface area contributed by atoms with Crippen molar-refractivity contribution in [2.24, 2.45) is 0 Å². The molecule has 4 heteroatoms. The summed E-state index contributed by atoms with van der Waals surface area (Å²) in [5.74, 6) is 0. The van der Waals surface area contributed by atoms with Crippen LogP contribution in [0.1, 0.15) is 5.69 Å². The second-order valence-electron chi connectivity index (χ2n) is 3.58. The first-order valence-electron chi connectivity index (χ1n) is 4.77. The lowest BCUT2D eigenvalue weighted by Crippen LogP contribution is -1.78. The molecular weight excluding hydrogens is 188 g/mol. The highest BCUT2D eigenvalue weighted by atomic mass is 15.1. The van der Waals surface area contributed by atoms with Crippen molar-refractivity contribution >= 4 is 10.9 Å². The predicted octanol–water partition coefficient (Wildman–Crippen LogP) is 2.26. The number of hydrogen-bond acceptors (Lipinski definition) is 2. The molecule has 4 nitrogen and oxygen atoms in total. The van der Waals surface area contributed by atoms with Crippen molar-refractivity contribution in [3.63, 3.8) is 0 Å². The fraction of sp³-hybridized carbons (Fsp3) is 0.0909. The SMILES string of the molecule is Cc1cc2[nH]c(-c3cn[nH]c3)cc2cn1. The first-order chi connectivity index (χ1) is 7.33. The van der Waals surface area contributed by atoms with Crippen molar-refractivity contribution in [2.75, 3.05) is 0 Å². The van der Waals surface area contributed by atoms with Crippen LogP contribution >= 0.6 is 0 Å². The maximum atomic E-state index is 4.26. The van der Waals surface area contributed by atoms with Gasteiger partial charge in [-0.15, -0.1) is 0 Å². The largest absolute Gasteiger partial charge is 0.354 e. The third-order valence-corrected chi connectivity index (χ3v) is 2.45. The number of hydrogen-bond donors (Lipinski definition) is 2. The summed E-state index contributed by atoms with van der Waals surface area (Å²) >= 11 is 0. The standard InChI is InChI=1S/C11H10N4/c1-7-2-10-8(4-12-7)3-11(15-10)9-5-13-14-6-9/h2-6,15H,1H3,(H,13,14). The molecule has 0 aliphatic rings. The molecule has 0 bridgehead atoms. The van der Waals surface area contributed by atoms with Crippen LogP contribution in [0.5, 0.6) is 0 Å². The predicted molar refractivity (Wildman–Crippen MR) is 58.4 cm³/mol. The van der Waals surface area contributed by atoms with Gasteiger partial charge >= 0.3 is 0 Å². The van der Waals surface area contributed by atoms with Crippen LogP contribution < -0.4 is 0 Å². The van der Waals surface area contributed by atoms with Crippen molar-refractivity contribution in [3.8, 4) is 11.3 Å². The summed E-state index contributed by atoms with van der Waals surface area (Å²) < 4.78 is 0. The highest BCUT2D eigenvalue weighted by Crippen LogP contribution is 2.22. The minimum atomic E-state index is 1.02. The Morgan fingerprint density at radius 3 is 2.93 bits per heavy atom. The number of nitrogens with one attached hydrogen (secondary N) is 2. The van der Waals surface area contributed by atoms with E-state index in [2.05, 4.69) is 26.2 Å². The molecule has 0 radical (unpaired) electrons. The third kappa shape index (κ3) is 1.30. The zero-order valence-electron chi connectivity index (χ0n) is 8.28. The molecule has 3 heterocycles. The quantitative estimate of drug-likeness (QED) is 0.630. The van der Waals surface area contributed by atoms with Crippen molar-refractivity contribution in [3.05, 3.63) is 36.4 Å². The number of rotatable bonds is 1. The molecule has 0 aliphatic carbocycles. The van der Waals surface area contributed by atoms with Gasteiger partial charge < -0.3 is 4.98 Å². The van der Waals surface area contributed by atoms with Crippen LogP contribution in [0.25, 0.3) is 22.2 Å². The van der Waals surface area contributed by atoms with Gasteiger partial charge in [0.25, 0.3) is 0 Å². The number of aromatic amines is 2. The summed E-state index contributed by atoms with van der Waals surface area (Å²) in [6.45, 7) is 1.98. The van der Waals surface area contributed by atoms with Gasteiger partial charge in [0.2, 0.25) is 0 Å². The first-order valence-corrected chi connectivity index (χ1v) is 4.77. The lowest BCUT2D eigenvalue weighted by Gasteiger charge is -1.90. The number of fused-ring (bicyclic) bond motifs is 1. The van der Waals surface area contributed by atoms with Crippen LogP contribution in [0.15, 0.2) is 30.7 Å². The lowest BCUT2D eigenvalue weighted by molar-refractivity contribution is 1.09. The van der Waals surface area contributed by atoms with E-state index in [1.807, 2.05) is 25.4 Å². The Hall–Kier alpha value is -2.10. The number of H-pyrrole nitrogens is 2. The molecule has 3 rings (SSSR count). The molecule has 0 aromatic carbocycles. The average Bonchev–Trinajstić information content (AvgIpc) is 2.84. The van der Waals surface area contributed by atoms with E-state index in [9.17, 15) is 0 Å². The minimum absolute atomic E-state index is 1.02. The fourth-order valence-corrected chi connectivity index (χ4v) is 1.68. The molecule has 0 unspecified atom stereocenters. The number of pyridine rings is 1. The zero-order chi connectivity index (χ0) is 10.3. The Bertz CT molecular complexity index is 592. The lowest BCUT2D eigenvalue weighted by atomic mass is 10.2. The van der Waals surface area contributed by atoms with Crippen LogP contribution in [0, 0.1) is 6.92 Å². The van der Waals surface area contributed by atoms with E-state index < -0.39 is 0 Å². The summed E-state index contributed by atoms with van der Waals surface area (Å²) in [6, 6.07) is 4.12. The van der Waals surface area contributed by atoms with Crippen LogP contribution in [0.3, 0.4) is 0 Å². The molecule has 0 spiro atoms. The average molecular weight is 198 g/mol. The Labute approximate surface area is 86.4 Å². The van der Waals surface area contributed by atoms with E-state index in [1.165, 1.54) is 0 Å². The maximum Gasteiger partial charge on any atom is 0.0580 e. The molecule has 0 aliphatic heterocycles. The Kier molecular flexibility index (Phi) is 1.62. The number of nitrogens with zero attached hydrogens (tertiary/aromatic N) is 2. The normalized spacial score (nSPS) is 11.0. The molecule has 0 amide bonds. The summed E-state index contributed by atoms with van der Waals surface area (Å²) in [6.07, 6.45) is 5.54. The first kappa shape index (κ1) is 8.23. The molecule has 15 heavy (non-hydrogen) atoms. The summed E-state index contributed by atoms with van der Waals surface area (Å²) in [4.78, 5) is 7.60. The number of aromatic nitrogens is 4. The van der Waals surface area contributed by atoms with E-state index in [4.69, 9.17) is 0 Å². The zero-order valence-corrected chi connectivity index (χ0v) is 8.28. The summed E-state index contributed by atoms with van der Waals surface area (Å²) in [5.41, 5.74) is 4.25. The highest BCUT2D eigenvalue weighted by molar-refractivity contribution is 5.85. The summed E-state index contributed by atoms with van der Waals surface area (Å²) in [7, 11) is 0. The fourth-order valence-electron chi connectivity index (χ4n) is 1.68. The van der Waals surface area contributed by atoms with Crippen LogP contribution in [-0.4, -0.2) is 20.2 Å². The van der Waals surface area contributed by atoms with E-state index in [0.29, 0.717) is 0 Å². The highest BCUT2D eigenvalue weighted by Gasteiger charge is 2.04. The van der Waals surface area contributed by atoms with Crippen molar-refractivity contribution in [1.82, 2.24) is 20.2 Å². The molecule has 0 fully saturated rings. The number of aryl methyl sites for hydroxylation is 1. The molecule has 0 atom stereocenters. The van der Waals surface area contributed by atoms with Crippen LogP contribution in [0.2, 0.25) is 0 Å². The summed E-state index contributed by atoms with van der Waals surface area (Å²) in [5, 5.41) is 7.85. The Morgan fingerprint density at radius 2 is 2.13 bits per heavy atom. The van der Waals surface area contributed by atoms with Gasteiger partial charge in [-0.3, -0.25) is 10.1 Å². The molecule has 0 saturated carbocycles. The monoisotopic (exact) mass is 198 g/mol. The van der Waals surface area contributed by atoms with Crippen molar-refractivity contribution < 1.29 is 0 Å². The van der Waals surface area contributed by atoms with E-state index in [1.54, 1.807) is 6.20 Å². The molecule has 2 N–H and O–H groups in total. The topological polar surface area (TPSA) is 57.4 Å². The van der Waals surface area contributed by atoms with Gasteiger partial charge in [-0.2, -0.15) is 5.10 Å². The molecule has 3 aromatic heterocycles. The van der Waals surface area contributed by atoms with Crippen LogP contribution in [0.4, 0.5) is 0 Å². The third-order valence-electron chi connectivity index (χ3n) is 2.45. The Balaban J connectivity index is 2.22. The van der Waals surface area contributed by atoms with Crippen molar-refractivity contribution in [1.29, 1.82) is 0 Å². The second-order valence-corrected chi connectivity index (χ2v) is 3.58. The van der Waals surface area contributed by atoms with Gasteiger partial charge in [0, 0.05) is 40.2 Å². The van der Waals surface area contributed by atoms with Gasteiger partial charge in [-0.1, -0.05) is 0 Å². The maximum absolute atomic E-state index is 4.26. The molecule has 0 saturated heterocycles. The second kappa shape index (κ2) is 2.95. The van der Waals surface area contributed by atoms with Gasteiger partial charge in [-0.05, 0) is 19.1 Å². The molecule has 3 aromatic rings. The van der Waals surface area contributed by atoms with Gasteiger partial charge in [0.05, 0.1) is 6.20 Å². The minimum Gasteiger partial charge on any atom is -0.354 e. The van der Waals surface area contributed by atoms with Gasteiger partial charge in [0.1, 0.15) is 0 Å². The van der Waals surface area contributed by atoms with E-state index in [0.717, 1.165) is 27.9 Å². The van der Waals surface area contributed by atoms with Crippen LogP contribution in [-0.2, 0) is 0 Å². The molecular formula is C11H10N4. The van der Waals surface area contributed by atoms with E-state index >= 15 is 0 Å². The Morgan fingerprint density at radius 1 is 1.20 bits per heavy atom. The smallest absolute Gasteiger partial charge is 0.0580 e. The van der Waals surface area contributed by atoms with Crippen molar-refractivity contribution in [2.45, 2.75) is 6.92 Å². The van der Waals surface area contributed by atoms with Gasteiger partial charge in [0.15, 0.2) is 0 Å².